The fourth-order valence-electron chi connectivity index (χ4n) is 2.87. The maximum atomic E-state index is 11.7. The molecule has 0 aliphatic rings. The van der Waals surface area contributed by atoms with Gasteiger partial charge in [-0.1, -0.05) is 48.5 Å². The summed E-state index contributed by atoms with van der Waals surface area (Å²) < 4.78 is 11.0. The Labute approximate surface area is 148 Å². The van der Waals surface area contributed by atoms with Gasteiger partial charge in [0.25, 0.3) is 0 Å². The average Bonchev–Trinajstić information content (AvgIpc) is 3.03. The lowest BCUT2D eigenvalue weighted by atomic mass is 10.2. The summed E-state index contributed by atoms with van der Waals surface area (Å²) in [6.45, 7) is 4.29. The van der Waals surface area contributed by atoms with Gasteiger partial charge < -0.3 is 9.15 Å². The van der Waals surface area contributed by atoms with Crippen LogP contribution in [0.2, 0.25) is 0 Å². The minimum Gasteiger partial charge on any atom is -0.466 e. The molecule has 130 valence electrons. The van der Waals surface area contributed by atoms with E-state index in [4.69, 9.17) is 9.15 Å². The van der Waals surface area contributed by atoms with Crippen molar-refractivity contribution in [1.82, 2.24) is 4.90 Å². The molecule has 0 atom stereocenters. The van der Waals surface area contributed by atoms with Crippen LogP contribution in [0.3, 0.4) is 0 Å². The van der Waals surface area contributed by atoms with Crippen LogP contribution in [0.5, 0.6) is 0 Å². The lowest BCUT2D eigenvalue weighted by Crippen LogP contribution is -2.26. The van der Waals surface area contributed by atoms with Crippen molar-refractivity contribution in [1.29, 1.82) is 0 Å². The summed E-state index contributed by atoms with van der Waals surface area (Å²) in [4.78, 5) is 13.9. The molecule has 0 amide bonds. The molecule has 0 saturated carbocycles. The SMILES string of the molecule is CCOC(=O)CCN(Cc1ccccc1)Cc1cc2ccccc2o1. The van der Waals surface area contributed by atoms with E-state index in [2.05, 4.69) is 23.1 Å². The Morgan fingerprint density at radius 2 is 1.80 bits per heavy atom. The van der Waals surface area contributed by atoms with Crippen molar-refractivity contribution in [3.05, 3.63) is 72.0 Å². The zero-order valence-electron chi connectivity index (χ0n) is 14.5. The summed E-state index contributed by atoms with van der Waals surface area (Å²) in [7, 11) is 0. The van der Waals surface area contributed by atoms with Crippen LogP contribution in [0, 0.1) is 0 Å². The Bertz CT molecular complexity index is 777. The fourth-order valence-corrected chi connectivity index (χ4v) is 2.87. The number of benzene rings is 2. The molecule has 4 heteroatoms. The summed E-state index contributed by atoms with van der Waals surface area (Å²) >= 11 is 0. The van der Waals surface area contributed by atoms with Crippen LogP contribution in [0.1, 0.15) is 24.7 Å². The lowest BCUT2D eigenvalue weighted by Gasteiger charge is -2.21. The third kappa shape index (κ3) is 4.94. The Morgan fingerprint density at radius 1 is 1.04 bits per heavy atom. The molecular formula is C21H23NO3. The van der Waals surface area contributed by atoms with Crippen LogP contribution in [0.15, 0.2) is 65.1 Å². The molecule has 0 bridgehead atoms. The van der Waals surface area contributed by atoms with Crippen molar-refractivity contribution in [3.8, 4) is 0 Å². The van der Waals surface area contributed by atoms with Gasteiger partial charge in [0.15, 0.2) is 0 Å². The minimum atomic E-state index is -0.162. The van der Waals surface area contributed by atoms with Crippen molar-refractivity contribution in [2.45, 2.75) is 26.4 Å². The van der Waals surface area contributed by atoms with E-state index in [0.29, 0.717) is 26.1 Å². The van der Waals surface area contributed by atoms with Gasteiger partial charge in [-0.3, -0.25) is 9.69 Å². The highest BCUT2D eigenvalue weighted by molar-refractivity contribution is 5.77. The molecule has 0 spiro atoms. The molecule has 1 aromatic heterocycles. The standard InChI is InChI=1S/C21H23NO3/c1-2-24-21(23)12-13-22(15-17-8-4-3-5-9-17)16-19-14-18-10-6-7-11-20(18)25-19/h3-11,14H,2,12-13,15-16H2,1H3. The fraction of sp³-hybridized carbons (Fsp3) is 0.286. The number of hydrogen-bond acceptors (Lipinski definition) is 4. The summed E-state index contributed by atoms with van der Waals surface area (Å²) in [6.07, 6.45) is 0.376. The molecule has 25 heavy (non-hydrogen) atoms. The van der Waals surface area contributed by atoms with Gasteiger partial charge in [-0.15, -0.1) is 0 Å². The average molecular weight is 337 g/mol. The molecule has 3 rings (SSSR count). The van der Waals surface area contributed by atoms with Crippen molar-refractivity contribution in [2.75, 3.05) is 13.2 Å². The molecule has 0 saturated heterocycles. The molecule has 3 aromatic rings. The summed E-state index contributed by atoms with van der Waals surface area (Å²) in [6, 6.07) is 20.3. The van der Waals surface area contributed by atoms with Crippen LogP contribution in [-0.2, 0) is 22.6 Å². The zero-order valence-corrected chi connectivity index (χ0v) is 14.5. The largest absolute Gasteiger partial charge is 0.466 e. The first kappa shape index (κ1) is 17.2. The van der Waals surface area contributed by atoms with Gasteiger partial charge in [0.2, 0.25) is 0 Å². The predicted molar refractivity (Wildman–Crippen MR) is 98.0 cm³/mol. The number of carbonyl (C=O) groups is 1. The second-order valence-corrected chi connectivity index (χ2v) is 6.00. The highest BCUT2D eigenvalue weighted by Crippen LogP contribution is 2.21. The van der Waals surface area contributed by atoms with E-state index >= 15 is 0 Å². The molecule has 0 N–H and O–H groups in total. The molecule has 0 radical (unpaired) electrons. The maximum absolute atomic E-state index is 11.7. The van der Waals surface area contributed by atoms with Gasteiger partial charge >= 0.3 is 5.97 Å². The van der Waals surface area contributed by atoms with Crippen LogP contribution in [-0.4, -0.2) is 24.0 Å². The maximum Gasteiger partial charge on any atom is 0.307 e. The Morgan fingerprint density at radius 3 is 2.56 bits per heavy atom. The van der Waals surface area contributed by atoms with E-state index in [1.54, 1.807) is 0 Å². The third-order valence-electron chi connectivity index (χ3n) is 4.04. The smallest absolute Gasteiger partial charge is 0.307 e. The lowest BCUT2D eigenvalue weighted by molar-refractivity contribution is -0.143. The minimum absolute atomic E-state index is 0.162. The summed E-state index contributed by atoms with van der Waals surface area (Å²) in [5, 5.41) is 1.10. The number of rotatable bonds is 8. The predicted octanol–water partition coefficient (Wildman–Crippen LogP) is 4.39. The van der Waals surface area contributed by atoms with Crippen molar-refractivity contribution in [3.63, 3.8) is 0 Å². The monoisotopic (exact) mass is 337 g/mol. The number of esters is 1. The molecule has 1 heterocycles. The number of nitrogens with zero attached hydrogens (tertiary/aromatic N) is 1. The topological polar surface area (TPSA) is 42.7 Å². The molecule has 2 aromatic carbocycles. The molecule has 0 aliphatic carbocycles. The summed E-state index contributed by atoms with van der Waals surface area (Å²) in [5.74, 6) is 0.742. The van der Waals surface area contributed by atoms with E-state index in [-0.39, 0.29) is 5.97 Å². The molecule has 0 aliphatic heterocycles. The zero-order chi connectivity index (χ0) is 17.5. The molecule has 0 unspecified atom stereocenters. The first-order chi connectivity index (χ1) is 12.2. The number of ether oxygens (including phenoxy) is 1. The van der Waals surface area contributed by atoms with Crippen LogP contribution < -0.4 is 0 Å². The Kier molecular flexibility index (Phi) is 5.86. The first-order valence-corrected chi connectivity index (χ1v) is 8.64. The molecule has 0 fully saturated rings. The van der Waals surface area contributed by atoms with Gasteiger partial charge in [0.1, 0.15) is 11.3 Å². The van der Waals surface area contributed by atoms with Gasteiger partial charge in [0.05, 0.1) is 19.6 Å². The van der Waals surface area contributed by atoms with E-state index in [9.17, 15) is 4.79 Å². The van der Waals surface area contributed by atoms with Crippen molar-refractivity contribution < 1.29 is 13.9 Å². The highest BCUT2D eigenvalue weighted by atomic mass is 16.5. The number of para-hydroxylation sites is 1. The first-order valence-electron chi connectivity index (χ1n) is 8.64. The van der Waals surface area contributed by atoms with Crippen LogP contribution >= 0.6 is 0 Å². The van der Waals surface area contributed by atoms with Gasteiger partial charge in [-0.25, -0.2) is 0 Å². The Hall–Kier alpha value is -2.59. The number of furan rings is 1. The van der Waals surface area contributed by atoms with E-state index in [0.717, 1.165) is 23.3 Å². The van der Waals surface area contributed by atoms with Gasteiger partial charge in [-0.2, -0.15) is 0 Å². The molecule has 4 nitrogen and oxygen atoms in total. The number of carbonyl (C=O) groups excluding carboxylic acids is 1. The quantitative estimate of drug-likeness (QED) is 0.572. The van der Waals surface area contributed by atoms with Crippen LogP contribution in [0.4, 0.5) is 0 Å². The van der Waals surface area contributed by atoms with Gasteiger partial charge in [0, 0.05) is 18.5 Å². The van der Waals surface area contributed by atoms with Gasteiger partial charge in [-0.05, 0) is 24.6 Å². The highest BCUT2D eigenvalue weighted by Gasteiger charge is 2.13. The van der Waals surface area contributed by atoms with Crippen molar-refractivity contribution in [2.24, 2.45) is 0 Å². The normalized spacial score (nSPS) is 11.1. The second-order valence-electron chi connectivity index (χ2n) is 6.00. The van der Waals surface area contributed by atoms with Crippen molar-refractivity contribution >= 4 is 16.9 Å². The van der Waals surface area contributed by atoms with E-state index in [1.165, 1.54) is 5.56 Å². The van der Waals surface area contributed by atoms with E-state index < -0.39 is 0 Å². The van der Waals surface area contributed by atoms with E-state index in [1.807, 2.05) is 49.4 Å². The number of fused-ring (bicyclic) bond motifs is 1. The summed E-state index contributed by atoms with van der Waals surface area (Å²) in [5.41, 5.74) is 2.10. The number of hydrogen-bond donors (Lipinski definition) is 0. The van der Waals surface area contributed by atoms with Crippen LogP contribution in [0.25, 0.3) is 11.0 Å². The second kappa shape index (κ2) is 8.49. The third-order valence-corrected chi connectivity index (χ3v) is 4.04. The Balaban J connectivity index is 1.71. The molecular weight excluding hydrogens is 314 g/mol.